The third-order valence-corrected chi connectivity index (χ3v) is 3.59. The van der Waals surface area contributed by atoms with E-state index in [0.29, 0.717) is 5.41 Å². The first kappa shape index (κ1) is 6.44. The van der Waals surface area contributed by atoms with Gasteiger partial charge in [-0.15, -0.1) is 0 Å². The summed E-state index contributed by atoms with van der Waals surface area (Å²) in [6, 6.07) is 0.852. The SMILES string of the molecule is O[C@@H]1CN(C2CC2)CC12CC2. The molecule has 0 aromatic heterocycles. The van der Waals surface area contributed by atoms with Crippen molar-refractivity contribution in [1.82, 2.24) is 4.90 Å². The van der Waals surface area contributed by atoms with Gasteiger partial charge >= 0.3 is 0 Å². The molecule has 2 heteroatoms. The van der Waals surface area contributed by atoms with Gasteiger partial charge in [0.05, 0.1) is 6.10 Å². The van der Waals surface area contributed by atoms with E-state index in [9.17, 15) is 5.11 Å². The predicted octanol–water partition coefficient (Wildman–Crippen LogP) is 0.606. The fraction of sp³-hybridized carbons (Fsp3) is 1.00. The van der Waals surface area contributed by atoms with Crippen molar-refractivity contribution < 1.29 is 5.11 Å². The van der Waals surface area contributed by atoms with Crippen LogP contribution in [-0.4, -0.2) is 35.2 Å². The van der Waals surface area contributed by atoms with E-state index in [1.165, 1.54) is 32.2 Å². The van der Waals surface area contributed by atoms with Crippen molar-refractivity contribution in [3.8, 4) is 0 Å². The molecule has 62 valence electrons. The second-order valence-electron chi connectivity index (χ2n) is 4.54. The number of β-amino-alcohol motifs (C(OH)–C–C–N with tert-alkyl or cyclic N) is 1. The molecule has 1 saturated heterocycles. The molecule has 1 aliphatic heterocycles. The molecule has 0 bridgehead atoms. The Balaban J connectivity index is 1.74. The van der Waals surface area contributed by atoms with Gasteiger partial charge in [0.1, 0.15) is 0 Å². The largest absolute Gasteiger partial charge is 0.391 e. The number of likely N-dealkylation sites (tertiary alicyclic amines) is 1. The van der Waals surface area contributed by atoms with Crippen LogP contribution in [0.1, 0.15) is 25.7 Å². The Kier molecular flexibility index (Phi) is 1.06. The zero-order valence-electron chi connectivity index (χ0n) is 6.79. The molecule has 3 aliphatic rings. The van der Waals surface area contributed by atoms with Gasteiger partial charge in [-0.3, -0.25) is 4.90 Å². The number of hydrogen-bond acceptors (Lipinski definition) is 2. The minimum Gasteiger partial charge on any atom is -0.391 e. The third kappa shape index (κ3) is 0.859. The van der Waals surface area contributed by atoms with Crippen molar-refractivity contribution in [2.75, 3.05) is 13.1 Å². The lowest BCUT2D eigenvalue weighted by atomic mass is 10.0. The molecular weight excluding hydrogens is 138 g/mol. The molecule has 0 amide bonds. The second-order valence-corrected chi connectivity index (χ2v) is 4.54. The summed E-state index contributed by atoms with van der Waals surface area (Å²) < 4.78 is 0. The summed E-state index contributed by atoms with van der Waals surface area (Å²) in [5, 5.41) is 9.72. The van der Waals surface area contributed by atoms with E-state index in [-0.39, 0.29) is 6.10 Å². The van der Waals surface area contributed by atoms with Crippen LogP contribution in [0.3, 0.4) is 0 Å². The first-order chi connectivity index (χ1) is 5.30. The standard InChI is InChI=1S/C9H15NO/c11-8-5-10(7-1-2-7)6-9(8)3-4-9/h7-8,11H,1-6H2/t8-/m1/s1. The van der Waals surface area contributed by atoms with Gasteiger partial charge in [0.2, 0.25) is 0 Å². The fourth-order valence-electron chi connectivity index (χ4n) is 2.36. The number of nitrogens with zero attached hydrogens (tertiary/aromatic N) is 1. The summed E-state index contributed by atoms with van der Waals surface area (Å²) in [4.78, 5) is 2.50. The van der Waals surface area contributed by atoms with Gasteiger partial charge in [0.25, 0.3) is 0 Å². The molecule has 3 rings (SSSR count). The maximum Gasteiger partial charge on any atom is 0.0735 e. The Hall–Kier alpha value is -0.0800. The van der Waals surface area contributed by atoms with Gasteiger partial charge in [-0.25, -0.2) is 0 Å². The van der Waals surface area contributed by atoms with Gasteiger partial charge in [-0.2, -0.15) is 0 Å². The molecule has 0 radical (unpaired) electrons. The summed E-state index contributed by atoms with van der Waals surface area (Å²) in [5.41, 5.74) is 0.378. The van der Waals surface area contributed by atoms with Crippen LogP contribution in [-0.2, 0) is 0 Å². The van der Waals surface area contributed by atoms with Gasteiger partial charge in [-0.1, -0.05) is 0 Å². The van der Waals surface area contributed by atoms with Gasteiger partial charge < -0.3 is 5.11 Å². The van der Waals surface area contributed by atoms with Gasteiger partial charge in [0, 0.05) is 24.5 Å². The molecule has 2 saturated carbocycles. The highest BCUT2D eigenvalue weighted by atomic mass is 16.3. The van der Waals surface area contributed by atoms with Crippen molar-refractivity contribution >= 4 is 0 Å². The molecular formula is C9H15NO. The number of rotatable bonds is 1. The minimum atomic E-state index is 0.00287. The zero-order valence-corrected chi connectivity index (χ0v) is 6.79. The van der Waals surface area contributed by atoms with E-state index in [0.717, 1.165) is 12.6 Å². The lowest BCUT2D eigenvalue weighted by Gasteiger charge is -2.12. The van der Waals surface area contributed by atoms with Crippen LogP contribution >= 0.6 is 0 Å². The molecule has 0 aromatic carbocycles. The molecule has 0 aromatic rings. The molecule has 0 unspecified atom stereocenters. The normalized spacial score (nSPS) is 41.7. The van der Waals surface area contributed by atoms with Crippen LogP contribution in [0.4, 0.5) is 0 Å². The van der Waals surface area contributed by atoms with Crippen LogP contribution < -0.4 is 0 Å². The van der Waals surface area contributed by atoms with Crippen molar-refractivity contribution in [3.05, 3.63) is 0 Å². The Morgan fingerprint density at radius 3 is 2.45 bits per heavy atom. The average Bonchev–Trinajstić information content (AvgIpc) is 2.79. The highest BCUT2D eigenvalue weighted by Gasteiger charge is 2.56. The van der Waals surface area contributed by atoms with Crippen LogP contribution in [0.2, 0.25) is 0 Å². The molecule has 2 nitrogen and oxygen atoms in total. The Labute approximate surface area is 67.2 Å². The highest BCUT2D eigenvalue weighted by Crippen LogP contribution is 2.54. The van der Waals surface area contributed by atoms with E-state index >= 15 is 0 Å². The summed E-state index contributed by atoms with van der Waals surface area (Å²) >= 11 is 0. The lowest BCUT2D eigenvalue weighted by Crippen LogP contribution is -2.23. The van der Waals surface area contributed by atoms with Crippen LogP contribution in [0.25, 0.3) is 0 Å². The lowest BCUT2D eigenvalue weighted by molar-refractivity contribution is 0.131. The summed E-state index contributed by atoms with van der Waals surface area (Å²) in [7, 11) is 0. The van der Waals surface area contributed by atoms with Crippen molar-refractivity contribution in [1.29, 1.82) is 0 Å². The summed E-state index contributed by atoms with van der Waals surface area (Å²) in [5.74, 6) is 0. The molecule has 1 N–H and O–H groups in total. The predicted molar refractivity (Wildman–Crippen MR) is 42.3 cm³/mol. The second kappa shape index (κ2) is 1.80. The van der Waals surface area contributed by atoms with Crippen LogP contribution in [0, 0.1) is 5.41 Å². The molecule has 1 heterocycles. The van der Waals surface area contributed by atoms with Crippen molar-refractivity contribution in [2.24, 2.45) is 5.41 Å². The maximum atomic E-state index is 9.72. The van der Waals surface area contributed by atoms with Gasteiger partial charge in [0.15, 0.2) is 0 Å². The third-order valence-electron chi connectivity index (χ3n) is 3.59. The van der Waals surface area contributed by atoms with Crippen molar-refractivity contribution in [2.45, 2.75) is 37.8 Å². The Morgan fingerprint density at radius 2 is 2.00 bits per heavy atom. The quantitative estimate of drug-likeness (QED) is 0.596. The van der Waals surface area contributed by atoms with E-state index in [1.54, 1.807) is 0 Å². The number of aliphatic hydroxyl groups is 1. The monoisotopic (exact) mass is 153 g/mol. The fourth-order valence-corrected chi connectivity index (χ4v) is 2.36. The first-order valence-corrected chi connectivity index (χ1v) is 4.72. The molecule has 11 heavy (non-hydrogen) atoms. The molecule has 1 spiro atoms. The van der Waals surface area contributed by atoms with Crippen LogP contribution in [0.15, 0.2) is 0 Å². The van der Waals surface area contributed by atoms with E-state index in [2.05, 4.69) is 4.90 Å². The number of hydrogen-bond donors (Lipinski definition) is 1. The van der Waals surface area contributed by atoms with Crippen molar-refractivity contribution in [3.63, 3.8) is 0 Å². The van der Waals surface area contributed by atoms with Crippen LogP contribution in [0.5, 0.6) is 0 Å². The van der Waals surface area contributed by atoms with E-state index in [4.69, 9.17) is 0 Å². The van der Waals surface area contributed by atoms with E-state index in [1.807, 2.05) is 0 Å². The average molecular weight is 153 g/mol. The molecule has 2 aliphatic carbocycles. The first-order valence-electron chi connectivity index (χ1n) is 4.72. The summed E-state index contributed by atoms with van der Waals surface area (Å²) in [6.07, 6.45) is 5.31. The Bertz CT molecular complexity index is 184. The smallest absolute Gasteiger partial charge is 0.0735 e. The Morgan fingerprint density at radius 1 is 1.27 bits per heavy atom. The minimum absolute atomic E-state index is 0.00287. The maximum absolute atomic E-state index is 9.72. The highest BCUT2D eigenvalue weighted by molar-refractivity contribution is 5.08. The topological polar surface area (TPSA) is 23.5 Å². The zero-order chi connectivity index (χ0) is 7.47. The van der Waals surface area contributed by atoms with E-state index < -0.39 is 0 Å². The molecule has 3 fully saturated rings. The number of aliphatic hydroxyl groups excluding tert-OH is 1. The van der Waals surface area contributed by atoms with Gasteiger partial charge in [-0.05, 0) is 25.7 Å². The molecule has 1 atom stereocenters. The summed E-state index contributed by atoms with van der Waals surface area (Å²) in [6.45, 7) is 2.16.